The number of urea groups is 1. The number of esters is 1. The summed E-state index contributed by atoms with van der Waals surface area (Å²) in [5.74, 6) is -0.191. The van der Waals surface area contributed by atoms with E-state index in [1.807, 2.05) is 20.8 Å². The third-order valence-electron chi connectivity index (χ3n) is 2.32. The molecule has 18 heavy (non-hydrogen) atoms. The van der Waals surface area contributed by atoms with Gasteiger partial charge < -0.3 is 20.1 Å². The maximum atomic E-state index is 11.5. The van der Waals surface area contributed by atoms with Crippen molar-refractivity contribution in [2.75, 3.05) is 26.4 Å². The van der Waals surface area contributed by atoms with Gasteiger partial charge in [0.15, 0.2) is 0 Å². The molecule has 0 rings (SSSR count). The van der Waals surface area contributed by atoms with E-state index in [0.717, 1.165) is 0 Å². The first-order valence-electron chi connectivity index (χ1n) is 6.28. The van der Waals surface area contributed by atoms with E-state index in [1.54, 1.807) is 6.92 Å². The van der Waals surface area contributed by atoms with Gasteiger partial charge in [0.1, 0.15) is 6.54 Å². The molecule has 0 aliphatic heterocycles. The number of carbonyl (C=O) groups excluding carboxylic acids is 2. The van der Waals surface area contributed by atoms with Gasteiger partial charge in [0.2, 0.25) is 0 Å². The number of nitrogens with one attached hydrogen (secondary N) is 2. The summed E-state index contributed by atoms with van der Waals surface area (Å²) in [5, 5.41) is 5.21. The Hall–Kier alpha value is -1.30. The van der Waals surface area contributed by atoms with Crippen LogP contribution in [0.2, 0.25) is 0 Å². The van der Waals surface area contributed by atoms with Crippen molar-refractivity contribution in [2.45, 2.75) is 33.7 Å². The molecule has 0 aromatic carbocycles. The van der Waals surface area contributed by atoms with E-state index in [1.165, 1.54) is 0 Å². The van der Waals surface area contributed by atoms with Gasteiger partial charge in [0, 0.05) is 6.61 Å². The van der Waals surface area contributed by atoms with Crippen molar-refractivity contribution in [2.24, 2.45) is 5.92 Å². The highest BCUT2D eigenvalue weighted by Crippen LogP contribution is 2.01. The topological polar surface area (TPSA) is 76.7 Å². The minimum atomic E-state index is -0.446. The van der Waals surface area contributed by atoms with Crippen molar-refractivity contribution in [3.05, 3.63) is 0 Å². The van der Waals surface area contributed by atoms with Gasteiger partial charge in [0.25, 0.3) is 0 Å². The Kier molecular flexibility index (Phi) is 9.00. The summed E-state index contributed by atoms with van der Waals surface area (Å²) in [6.07, 6.45) is 0. The van der Waals surface area contributed by atoms with Crippen LogP contribution in [0.25, 0.3) is 0 Å². The van der Waals surface area contributed by atoms with Gasteiger partial charge in [0.05, 0.1) is 19.3 Å². The lowest BCUT2D eigenvalue weighted by Gasteiger charge is -2.22. The summed E-state index contributed by atoms with van der Waals surface area (Å²) in [4.78, 5) is 22.6. The molecule has 0 saturated carbocycles. The van der Waals surface area contributed by atoms with E-state index in [9.17, 15) is 9.59 Å². The van der Waals surface area contributed by atoms with Crippen LogP contribution < -0.4 is 10.6 Å². The maximum Gasteiger partial charge on any atom is 0.325 e. The van der Waals surface area contributed by atoms with E-state index < -0.39 is 5.97 Å². The lowest BCUT2D eigenvalue weighted by atomic mass is 10.1. The standard InChI is InChI=1S/C12H24N2O4/c1-5-17-8-10(9(3)4)14-12(16)13-7-11(15)18-6-2/h9-10H,5-8H2,1-4H3,(H2,13,14,16). The average molecular weight is 260 g/mol. The predicted octanol–water partition coefficient (Wildman–Crippen LogP) is 0.910. The Morgan fingerprint density at radius 1 is 1.17 bits per heavy atom. The fourth-order valence-electron chi connectivity index (χ4n) is 1.23. The van der Waals surface area contributed by atoms with Crippen LogP contribution in [-0.4, -0.2) is 44.4 Å². The zero-order valence-electron chi connectivity index (χ0n) is 11.6. The fourth-order valence-corrected chi connectivity index (χ4v) is 1.23. The normalized spacial score (nSPS) is 12.1. The minimum absolute atomic E-state index is 0.0767. The average Bonchev–Trinajstić information content (AvgIpc) is 2.32. The van der Waals surface area contributed by atoms with Crippen molar-refractivity contribution < 1.29 is 19.1 Å². The Bertz CT molecular complexity index is 256. The SMILES string of the molecule is CCOCC(NC(=O)NCC(=O)OCC)C(C)C. The Balaban J connectivity index is 3.98. The van der Waals surface area contributed by atoms with Gasteiger partial charge in [-0.3, -0.25) is 4.79 Å². The highest BCUT2D eigenvalue weighted by molar-refractivity contribution is 5.80. The fraction of sp³-hybridized carbons (Fsp3) is 0.833. The molecule has 0 bridgehead atoms. The molecule has 1 unspecified atom stereocenters. The van der Waals surface area contributed by atoms with Gasteiger partial charge >= 0.3 is 12.0 Å². The van der Waals surface area contributed by atoms with Gasteiger partial charge in [-0.25, -0.2) is 4.79 Å². The first-order chi connectivity index (χ1) is 8.51. The van der Waals surface area contributed by atoms with Crippen LogP contribution in [-0.2, 0) is 14.3 Å². The summed E-state index contributed by atoms with van der Waals surface area (Å²) in [5.41, 5.74) is 0. The van der Waals surface area contributed by atoms with Crippen LogP contribution in [0.1, 0.15) is 27.7 Å². The summed E-state index contributed by atoms with van der Waals surface area (Å²) in [6.45, 7) is 8.86. The second-order valence-corrected chi connectivity index (χ2v) is 4.14. The molecule has 106 valence electrons. The van der Waals surface area contributed by atoms with Crippen molar-refractivity contribution in [1.82, 2.24) is 10.6 Å². The van der Waals surface area contributed by atoms with Gasteiger partial charge in [-0.15, -0.1) is 0 Å². The molecule has 0 aromatic rings. The Morgan fingerprint density at radius 3 is 2.33 bits per heavy atom. The smallest absolute Gasteiger partial charge is 0.325 e. The summed E-state index contributed by atoms with van der Waals surface area (Å²) < 4.78 is 9.99. The second-order valence-electron chi connectivity index (χ2n) is 4.14. The van der Waals surface area contributed by atoms with Crippen molar-refractivity contribution >= 4 is 12.0 Å². The van der Waals surface area contributed by atoms with Crippen LogP contribution in [0.5, 0.6) is 0 Å². The molecule has 0 heterocycles. The van der Waals surface area contributed by atoms with Crippen LogP contribution in [0.3, 0.4) is 0 Å². The van der Waals surface area contributed by atoms with Gasteiger partial charge in [-0.1, -0.05) is 13.8 Å². The quantitative estimate of drug-likeness (QED) is 0.636. The monoisotopic (exact) mass is 260 g/mol. The number of carbonyl (C=O) groups is 2. The number of rotatable bonds is 8. The predicted molar refractivity (Wildman–Crippen MR) is 68.3 cm³/mol. The highest BCUT2D eigenvalue weighted by atomic mass is 16.5. The molecule has 0 saturated heterocycles. The molecule has 0 aromatic heterocycles. The summed E-state index contributed by atoms with van der Waals surface area (Å²) in [6, 6.07) is -0.464. The van der Waals surface area contributed by atoms with E-state index in [-0.39, 0.29) is 24.5 Å². The molecule has 0 aliphatic carbocycles. The number of hydrogen-bond acceptors (Lipinski definition) is 4. The lowest BCUT2D eigenvalue weighted by Crippen LogP contribution is -2.48. The summed E-state index contributed by atoms with van der Waals surface area (Å²) in [7, 11) is 0. The zero-order valence-corrected chi connectivity index (χ0v) is 11.6. The van der Waals surface area contributed by atoms with Crippen molar-refractivity contribution in [1.29, 1.82) is 0 Å². The van der Waals surface area contributed by atoms with Crippen LogP contribution >= 0.6 is 0 Å². The summed E-state index contributed by atoms with van der Waals surface area (Å²) >= 11 is 0. The first kappa shape index (κ1) is 16.7. The zero-order chi connectivity index (χ0) is 14.0. The van der Waals surface area contributed by atoms with E-state index in [0.29, 0.717) is 19.8 Å². The molecular weight excluding hydrogens is 236 g/mol. The number of hydrogen-bond donors (Lipinski definition) is 2. The van der Waals surface area contributed by atoms with E-state index >= 15 is 0 Å². The molecule has 0 radical (unpaired) electrons. The van der Waals surface area contributed by atoms with Crippen LogP contribution in [0.15, 0.2) is 0 Å². The minimum Gasteiger partial charge on any atom is -0.465 e. The van der Waals surface area contributed by atoms with Crippen LogP contribution in [0.4, 0.5) is 4.79 Å². The molecule has 0 aliphatic rings. The van der Waals surface area contributed by atoms with Gasteiger partial charge in [-0.2, -0.15) is 0 Å². The van der Waals surface area contributed by atoms with Crippen molar-refractivity contribution in [3.8, 4) is 0 Å². The Labute approximate surface area is 108 Å². The molecule has 2 amide bonds. The largest absolute Gasteiger partial charge is 0.465 e. The Morgan fingerprint density at radius 2 is 1.83 bits per heavy atom. The first-order valence-corrected chi connectivity index (χ1v) is 6.28. The molecule has 2 N–H and O–H groups in total. The highest BCUT2D eigenvalue weighted by Gasteiger charge is 2.16. The molecule has 6 heteroatoms. The number of ether oxygens (including phenoxy) is 2. The van der Waals surface area contributed by atoms with E-state index in [2.05, 4.69) is 10.6 Å². The van der Waals surface area contributed by atoms with Crippen LogP contribution in [0, 0.1) is 5.92 Å². The molecule has 0 fully saturated rings. The second kappa shape index (κ2) is 9.70. The molecule has 0 spiro atoms. The molecule has 6 nitrogen and oxygen atoms in total. The lowest BCUT2D eigenvalue weighted by molar-refractivity contribution is -0.141. The maximum absolute atomic E-state index is 11.5. The van der Waals surface area contributed by atoms with Gasteiger partial charge in [-0.05, 0) is 19.8 Å². The third-order valence-corrected chi connectivity index (χ3v) is 2.32. The third kappa shape index (κ3) is 7.89. The molecular formula is C12H24N2O4. The molecule has 1 atom stereocenters. The van der Waals surface area contributed by atoms with Crippen molar-refractivity contribution in [3.63, 3.8) is 0 Å². The van der Waals surface area contributed by atoms with E-state index in [4.69, 9.17) is 9.47 Å². The number of amides is 2.